The Morgan fingerprint density at radius 2 is 1.25 bits per heavy atom. The summed E-state index contributed by atoms with van der Waals surface area (Å²) in [6.07, 6.45) is 0. The van der Waals surface area contributed by atoms with Crippen molar-refractivity contribution in [2.24, 2.45) is 0 Å². The van der Waals surface area contributed by atoms with Crippen molar-refractivity contribution in [1.82, 2.24) is 0 Å². The number of methoxy groups -OCH3 is 1. The summed E-state index contributed by atoms with van der Waals surface area (Å²) in [6.45, 7) is 8.00. The van der Waals surface area contributed by atoms with Gasteiger partial charge in [0.15, 0.2) is 0 Å². The zero-order valence-electron chi connectivity index (χ0n) is 14.8. The van der Waals surface area contributed by atoms with Crippen molar-refractivity contribution in [3.05, 3.63) is 59.7 Å². The van der Waals surface area contributed by atoms with Gasteiger partial charge in [-0.1, -0.05) is 52.0 Å². The molecule has 0 aliphatic rings. The molecule has 0 heterocycles. The van der Waals surface area contributed by atoms with E-state index >= 15 is 0 Å². The smallest absolute Gasteiger partial charge is 0.339 e. The van der Waals surface area contributed by atoms with Crippen LogP contribution in [0.4, 0.5) is 11.4 Å². The third kappa shape index (κ3) is 5.76. The van der Waals surface area contributed by atoms with Crippen molar-refractivity contribution in [2.75, 3.05) is 12.4 Å². The van der Waals surface area contributed by atoms with E-state index in [1.54, 1.807) is 42.5 Å². The SMILES string of the molecule is CC.CC.COC(=O)c1ccccc1Nc1ccccc1C(=O)O. The minimum Gasteiger partial charge on any atom is -0.478 e. The van der Waals surface area contributed by atoms with Crippen LogP contribution in [0.3, 0.4) is 0 Å². The lowest BCUT2D eigenvalue weighted by molar-refractivity contribution is 0.0601. The van der Waals surface area contributed by atoms with E-state index in [1.165, 1.54) is 13.2 Å². The highest BCUT2D eigenvalue weighted by molar-refractivity contribution is 5.99. The summed E-state index contributed by atoms with van der Waals surface area (Å²) in [5.74, 6) is -1.52. The number of para-hydroxylation sites is 2. The standard InChI is InChI=1S/C15H13NO4.2C2H6/c1-20-15(19)11-7-3-5-9-13(11)16-12-8-4-2-6-10(12)14(17)18;2*1-2/h2-9,16H,1H3,(H,17,18);2*1-2H3. The lowest BCUT2D eigenvalue weighted by Gasteiger charge is -2.12. The number of hydrogen-bond acceptors (Lipinski definition) is 4. The number of hydrogen-bond donors (Lipinski definition) is 2. The minimum absolute atomic E-state index is 0.132. The third-order valence-electron chi connectivity index (χ3n) is 2.76. The molecule has 2 rings (SSSR count). The van der Waals surface area contributed by atoms with E-state index in [4.69, 9.17) is 9.84 Å². The van der Waals surface area contributed by atoms with Crippen molar-refractivity contribution in [3.8, 4) is 0 Å². The molecule has 0 aliphatic heterocycles. The number of carboxylic acids is 1. The Morgan fingerprint density at radius 1 is 0.833 bits per heavy atom. The van der Waals surface area contributed by atoms with Gasteiger partial charge in [0.1, 0.15) is 0 Å². The molecule has 5 heteroatoms. The second-order valence-electron chi connectivity index (χ2n) is 4.01. The van der Waals surface area contributed by atoms with Gasteiger partial charge < -0.3 is 15.2 Å². The monoisotopic (exact) mass is 331 g/mol. The lowest BCUT2D eigenvalue weighted by atomic mass is 10.1. The van der Waals surface area contributed by atoms with Gasteiger partial charge in [0.25, 0.3) is 0 Å². The largest absolute Gasteiger partial charge is 0.478 e. The second-order valence-corrected chi connectivity index (χ2v) is 4.01. The summed E-state index contributed by atoms with van der Waals surface area (Å²) in [6, 6.07) is 13.2. The fourth-order valence-electron chi connectivity index (χ4n) is 1.80. The lowest BCUT2D eigenvalue weighted by Crippen LogP contribution is -2.07. The number of rotatable bonds is 4. The minimum atomic E-state index is -1.04. The Morgan fingerprint density at radius 3 is 1.71 bits per heavy atom. The maximum Gasteiger partial charge on any atom is 0.339 e. The van der Waals surface area contributed by atoms with Crippen molar-refractivity contribution in [1.29, 1.82) is 0 Å². The van der Waals surface area contributed by atoms with E-state index in [-0.39, 0.29) is 5.56 Å². The number of benzene rings is 2. The van der Waals surface area contributed by atoms with Crippen LogP contribution in [0.1, 0.15) is 48.4 Å². The summed E-state index contributed by atoms with van der Waals surface area (Å²) in [7, 11) is 1.30. The second kappa shape index (κ2) is 11.7. The predicted molar refractivity (Wildman–Crippen MR) is 97.2 cm³/mol. The van der Waals surface area contributed by atoms with Crippen LogP contribution in [0.15, 0.2) is 48.5 Å². The van der Waals surface area contributed by atoms with E-state index in [9.17, 15) is 9.59 Å². The average Bonchev–Trinajstić information content (AvgIpc) is 2.65. The van der Waals surface area contributed by atoms with Gasteiger partial charge in [-0.05, 0) is 24.3 Å². The number of nitrogens with one attached hydrogen (secondary N) is 1. The fraction of sp³-hybridized carbons (Fsp3) is 0.263. The van der Waals surface area contributed by atoms with Gasteiger partial charge in [-0.15, -0.1) is 0 Å². The number of ether oxygens (including phenoxy) is 1. The zero-order chi connectivity index (χ0) is 18.5. The van der Waals surface area contributed by atoms with Gasteiger partial charge in [-0.3, -0.25) is 0 Å². The molecular weight excluding hydrogens is 306 g/mol. The van der Waals surface area contributed by atoms with E-state index in [0.29, 0.717) is 16.9 Å². The Balaban J connectivity index is 0.00000123. The first-order valence-corrected chi connectivity index (χ1v) is 7.90. The number of carboxylic acid groups (broad SMARTS) is 1. The molecule has 0 radical (unpaired) electrons. The molecule has 0 atom stereocenters. The molecule has 5 nitrogen and oxygen atoms in total. The highest BCUT2D eigenvalue weighted by Gasteiger charge is 2.14. The molecule has 0 amide bonds. The van der Waals surface area contributed by atoms with Crippen molar-refractivity contribution >= 4 is 23.3 Å². The van der Waals surface area contributed by atoms with Crippen molar-refractivity contribution < 1.29 is 19.4 Å². The van der Waals surface area contributed by atoms with Crippen LogP contribution in [0, 0.1) is 0 Å². The van der Waals surface area contributed by atoms with Crippen LogP contribution < -0.4 is 5.32 Å². The van der Waals surface area contributed by atoms with Gasteiger partial charge >= 0.3 is 11.9 Å². The first-order chi connectivity index (χ1) is 11.6. The molecule has 0 unspecified atom stereocenters. The molecule has 0 saturated heterocycles. The maximum absolute atomic E-state index is 11.7. The van der Waals surface area contributed by atoms with Crippen LogP contribution in [0.25, 0.3) is 0 Å². The van der Waals surface area contributed by atoms with Crippen molar-refractivity contribution in [2.45, 2.75) is 27.7 Å². The van der Waals surface area contributed by atoms with Crippen LogP contribution in [0.5, 0.6) is 0 Å². The molecule has 0 saturated carbocycles. The number of aromatic carboxylic acids is 1. The molecule has 0 fully saturated rings. The highest BCUT2D eigenvalue weighted by atomic mass is 16.5. The number of esters is 1. The fourth-order valence-corrected chi connectivity index (χ4v) is 1.80. The number of carbonyl (C=O) groups excluding carboxylic acids is 1. The quantitative estimate of drug-likeness (QED) is 0.774. The van der Waals surface area contributed by atoms with Crippen molar-refractivity contribution in [3.63, 3.8) is 0 Å². The summed E-state index contributed by atoms with van der Waals surface area (Å²) < 4.78 is 4.70. The molecular formula is C19H25NO4. The third-order valence-corrected chi connectivity index (χ3v) is 2.76. The summed E-state index contributed by atoms with van der Waals surface area (Å²) in [5, 5.41) is 12.1. The van der Waals surface area contributed by atoms with E-state index < -0.39 is 11.9 Å². The summed E-state index contributed by atoms with van der Waals surface area (Å²) in [5.41, 5.74) is 1.38. The molecule has 2 N–H and O–H groups in total. The Kier molecular flexibility index (Phi) is 10.3. The van der Waals surface area contributed by atoms with Gasteiger partial charge in [0, 0.05) is 0 Å². The van der Waals surface area contributed by atoms with Gasteiger partial charge in [-0.25, -0.2) is 9.59 Å². The molecule has 2 aromatic rings. The molecule has 24 heavy (non-hydrogen) atoms. The zero-order valence-corrected chi connectivity index (χ0v) is 14.8. The first-order valence-electron chi connectivity index (χ1n) is 7.90. The number of carbonyl (C=O) groups is 2. The van der Waals surface area contributed by atoms with Gasteiger partial charge in [0.2, 0.25) is 0 Å². The summed E-state index contributed by atoms with van der Waals surface area (Å²) in [4.78, 5) is 22.8. The predicted octanol–water partition coefficient (Wildman–Crippen LogP) is 4.97. The Bertz CT molecular complexity index is 653. The summed E-state index contributed by atoms with van der Waals surface area (Å²) >= 11 is 0. The molecule has 2 aromatic carbocycles. The van der Waals surface area contributed by atoms with Gasteiger partial charge in [0.05, 0.1) is 29.6 Å². The van der Waals surface area contributed by atoms with Crippen LogP contribution >= 0.6 is 0 Å². The maximum atomic E-state index is 11.7. The topological polar surface area (TPSA) is 75.6 Å². The average molecular weight is 331 g/mol. The van der Waals surface area contributed by atoms with Crippen LogP contribution in [-0.4, -0.2) is 24.2 Å². The Labute approximate surface area is 143 Å². The molecule has 0 bridgehead atoms. The molecule has 0 aromatic heterocycles. The van der Waals surface area contributed by atoms with Crippen LogP contribution in [-0.2, 0) is 4.74 Å². The molecule has 0 spiro atoms. The normalized spacial score (nSPS) is 8.71. The van der Waals surface area contributed by atoms with E-state index in [1.807, 2.05) is 27.7 Å². The van der Waals surface area contributed by atoms with Crippen LogP contribution in [0.2, 0.25) is 0 Å². The number of anilines is 2. The van der Waals surface area contributed by atoms with Gasteiger partial charge in [-0.2, -0.15) is 0 Å². The first kappa shape index (κ1) is 21.2. The molecule has 130 valence electrons. The highest BCUT2D eigenvalue weighted by Crippen LogP contribution is 2.24. The van der Waals surface area contributed by atoms with E-state index in [2.05, 4.69) is 5.32 Å². The van der Waals surface area contributed by atoms with E-state index in [0.717, 1.165) is 0 Å². The molecule has 0 aliphatic carbocycles. The Hall–Kier alpha value is -2.82.